The summed E-state index contributed by atoms with van der Waals surface area (Å²) in [6.45, 7) is 0.361. The molecule has 0 saturated heterocycles. The Morgan fingerprint density at radius 3 is 2.58 bits per heavy atom. The fraction of sp³-hybridized carbons (Fsp3) is 0.545. The first-order valence-electron chi connectivity index (χ1n) is 5.54. The first kappa shape index (κ1) is 16.4. The lowest BCUT2D eigenvalue weighted by Crippen LogP contribution is -2.25. The van der Waals surface area contributed by atoms with Gasteiger partial charge in [-0.1, -0.05) is 11.6 Å². The molecule has 19 heavy (non-hydrogen) atoms. The lowest BCUT2D eigenvalue weighted by atomic mass is 10.2. The molecule has 0 saturated carbocycles. The molecule has 0 heterocycles. The van der Waals surface area contributed by atoms with Gasteiger partial charge in [0.15, 0.2) is 0 Å². The summed E-state index contributed by atoms with van der Waals surface area (Å²) in [5.41, 5.74) is -0.647. The molecule has 1 amide bonds. The average molecular weight is 266 g/mol. The molecule has 0 aromatic carbocycles. The minimum atomic E-state index is -0.980. The Hall–Kier alpha value is -2.61. The highest BCUT2D eigenvalue weighted by molar-refractivity contribution is 6.42. The molecule has 0 aromatic heterocycles. The number of amides is 1. The topological polar surface area (TPSA) is 125 Å². The maximum Gasteiger partial charge on any atom is 0.433 e. The molecular formula is C11H14N4O4. The Bertz CT molecular complexity index is 419. The van der Waals surface area contributed by atoms with E-state index < -0.39 is 17.8 Å². The fourth-order valence-electron chi connectivity index (χ4n) is 1.02. The van der Waals surface area contributed by atoms with Crippen LogP contribution >= 0.6 is 0 Å². The van der Waals surface area contributed by atoms with Crippen LogP contribution in [0.3, 0.4) is 0 Å². The number of methoxy groups -OCH3 is 1. The van der Waals surface area contributed by atoms with Gasteiger partial charge in [-0.15, -0.1) is 0 Å². The molecular weight excluding hydrogens is 252 g/mol. The van der Waals surface area contributed by atoms with Crippen molar-refractivity contribution in [3.8, 4) is 12.1 Å². The van der Waals surface area contributed by atoms with Crippen LogP contribution < -0.4 is 5.32 Å². The maximum atomic E-state index is 11.1. The molecule has 0 atom stereocenters. The summed E-state index contributed by atoms with van der Waals surface area (Å²) >= 11 is 0. The summed E-state index contributed by atoms with van der Waals surface area (Å²) in [7, 11) is 1.08. The molecule has 0 aliphatic rings. The molecule has 0 aliphatic carbocycles. The van der Waals surface area contributed by atoms with E-state index in [0.717, 1.165) is 20.0 Å². The van der Waals surface area contributed by atoms with Crippen molar-refractivity contribution in [2.45, 2.75) is 25.7 Å². The van der Waals surface area contributed by atoms with Crippen molar-refractivity contribution >= 4 is 17.8 Å². The third-order valence-corrected chi connectivity index (χ3v) is 1.94. The van der Waals surface area contributed by atoms with Crippen molar-refractivity contribution in [1.82, 2.24) is 5.32 Å². The molecule has 0 aromatic rings. The molecule has 1 N–H and O–H groups in total. The number of oxime groups is 1. The van der Waals surface area contributed by atoms with Crippen molar-refractivity contribution < 1.29 is 19.2 Å². The van der Waals surface area contributed by atoms with E-state index in [1.165, 1.54) is 6.07 Å². The summed E-state index contributed by atoms with van der Waals surface area (Å²) in [4.78, 5) is 26.3. The molecule has 0 aliphatic heterocycles. The average Bonchev–Trinajstić information content (AvgIpc) is 2.42. The lowest BCUT2D eigenvalue weighted by Gasteiger charge is -2.02. The number of hydrogen-bond acceptors (Lipinski definition) is 7. The Balaban J connectivity index is 3.87. The number of esters is 1. The van der Waals surface area contributed by atoms with Gasteiger partial charge in [-0.25, -0.2) is 9.59 Å². The molecule has 0 fully saturated rings. The Kier molecular flexibility index (Phi) is 9.09. The highest BCUT2D eigenvalue weighted by Gasteiger charge is 2.12. The number of rotatable bonds is 7. The van der Waals surface area contributed by atoms with Crippen LogP contribution in [-0.4, -0.2) is 31.4 Å². The minimum absolute atomic E-state index is 0.361. The van der Waals surface area contributed by atoms with E-state index in [0.29, 0.717) is 19.4 Å². The molecule has 0 spiro atoms. The smallest absolute Gasteiger partial charge is 0.433 e. The Morgan fingerprint density at radius 1 is 1.26 bits per heavy atom. The van der Waals surface area contributed by atoms with Gasteiger partial charge in [0, 0.05) is 13.0 Å². The van der Waals surface area contributed by atoms with Gasteiger partial charge >= 0.3 is 12.1 Å². The van der Waals surface area contributed by atoms with E-state index in [1.54, 1.807) is 0 Å². The summed E-state index contributed by atoms with van der Waals surface area (Å²) in [6, 6.07) is 3.46. The van der Waals surface area contributed by atoms with E-state index in [2.05, 4.69) is 20.0 Å². The van der Waals surface area contributed by atoms with E-state index in [1.807, 2.05) is 6.07 Å². The van der Waals surface area contributed by atoms with E-state index in [4.69, 9.17) is 10.5 Å². The second-order valence-electron chi connectivity index (χ2n) is 3.32. The number of hydrogen-bond donors (Lipinski definition) is 1. The molecule has 102 valence electrons. The highest BCUT2D eigenvalue weighted by Crippen LogP contribution is 1.97. The largest absolute Gasteiger partial charge is 0.464 e. The van der Waals surface area contributed by atoms with E-state index in [9.17, 15) is 9.59 Å². The second-order valence-corrected chi connectivity index (χ2v) is 3.32. The zero-order chi connectivity index (χ0) is 14.5. The molecule has 0 bridgehead atoms. The van der Waals surface area contributed by atoms with Crippen LogP contribution in [0.1, 0.15) is 25.7 Å². The van der Waals surface area contributed by atoms with Crippen molar-refractivity contribution in [2.75, 3.05) is 13.7 Å². The number of nitriles is 2. The first-order chi connectivity index (χ1) is 9.15. The SMILES string of the molecule is COC(=O)C(C#N)=NOC(=O)NCCCCCC#N. The number of unbranched alkanes of at least 4 members (excludes halogenated alkanes) is 3. The maximum absolute atomic E-state index is 11.1. The Labute approximate surface area is 110 Å². The normalized spacial score (nSPS) is 9.95. The summed E-state index contributed by atoms with van der Waals surface area (Å²) in [6.07, 6.45) is 1.90. The molecule has 8 nitrogen and oxygen atoms in total. The first-order valence-corrected chi connectivity index (χ1v) is 5.54. The highest BCUT2D eigenvalue weighted by atomic mass is 16.7. The zero-order valence-electron chi connectivity index (χ0n) is 10.5. The van der Waals surface area contributed by atoms with Gasteiger partial charge in [0.05, 0.1) is 13.2 Å². The Morgan fingerprint density at radius 2 is 2.00 bits per heavy atom. The summed E-state index contributed by atoms with van der Waals surface area (Å²) in [5, 5.41) is 22.3. The van der Waals surface area contributed by atoms with E-state index in [-0.39, 0.29) is 0 Å². The van der Waals surface area contributed by atoms with Crippen molar-refractivity contribution in [1.29, 1.82) is 10.5 Å². The van der Waals surface area contributed by atoms with Crippen LogP contribution in [0, 0.1) is 22.7 Å². The second kappa shape index (κ2) is 10.5. The number of nitrogens with zero attached hydrogens (tertiary/aromatic N) is 3. The van der Waals surface area contributed by atoms with Crippen LogP contribution in [-0.2, 0) is 14.4 Å². The molecule has 0 rings (SSSR count). The van der Waals surface area contributed by atoms with Crippen LogP contribution in [0.15, 0.2) is 5.16 Å². The lowest BCUT2D eigenvalue weighted by molar-refractivity contribution is -0.132. The van der Waals surface area contributed by atoms with E-state index >= 15 is 0 Å². The predicted molar refractivity (Wildman–Crippen MR) is 63.6 cm³/mol. The van der Waals surface area contributed by atoms with Crippen LogP contribution in [0.2, 0.25) is 0 Å². The van der Waals surface area contributed by atoms with Gasteiger partial charge in [0.25, 0.3) is 5.71 Å². The monoisotopic (exact) mass is 266 g/mol. The number of carbonyl (C=O) groups is 2. The number of ether oxygens (including phenoxy) is 1. The van der Waals surface area contributed by atoms with Crippen molar-refractivity contribution in [3.63, 3.8) is 0 Å². The minimum Gasteiger partial charge on any atom is -0.464 e. The third-order valence-electron chi connectivity index (χ3n) is 1.94. The summed E-state index contributed by atoms with van der Waals surface area (Å²) in [5.74, 6) is -0.980. The van der Waals surface area contributed by atoms with Crippen LogP contribution in [0.5, 0.6) is 0 Å². The predicted octanol–water partition coefficient (Wildman–Crippen LogP) is 0.849. The van der Waals surface area contributed by atoms with Gasteiger partial charge in [-0.3, -0.25) is 4.84 Å². The van der Waals surface area contributed by atoms with Crippen molar-refractivity contribution in [2.24, 2.45) is 5.16 Å². The van der Waals surface area contributed by atoms with Crippen molar-refractivity contribution in [3.05, 3.63) is 0 Å². The summed E-state index contributed by atoms with van der Waals surface area (Å²) < 4.78 is 4.24. The van der Waals surface area contributed by atoms with Gasteiger partial charge in [-0.2, -0.15) is 10.5 Å². The zero-order valence-corrected chi connectivity index (χ0v) is 10.5. The van der Waals surface area contributed by atoms with Gasteiger partial charge in [-0.05, 0) is 12.8 Å². The van der Waals surface area contributed by atoms with Crippen LogP contribution in [0.4, 0.5) is 4.79 Å². The quantitative estimate of drug-likeness (QED) is 0.239. The van der Waals surface area contributed by atoms with Gasteiger partial charge in [0.1, 0.15) is 6.07 Å². The molecule has 0 radical (unpaired) electrons. The molecule has 0 unspecified atom stereocenters. The molecule has 8 heteroatoms. The number of nitrogens with one attached hydrogen (secondary N) is 1. The van der Waals surface area contributed by atoms with Gasteiger partial charge < -0.3 is 10.1 Å². The third kappa shape index (κ3) is 8.16. The number of carbonyl (C=O) groups excluding carboxylic acids is 2. The fourth-order valence-corrected chi connectivity index (χ4v) is 1.02. The standard InChI is InChI=1S/C11H14N4O4/c1-18-10(16)9(8-13)15-19-11(17)14-7-5-3-2-4-6-12/h2-5,7H2,1H3,(H,14,17). The van der Waals surface area contributed by atoms with Crippen LogP contribution in [0.25, 0.3) is 0 Å². The van der Waals surface area contributed by atoms with Gasteiger partial charge in [0.2, 0.25) is 0 Å².